The van der Waals surface area contributed by atoms with Crippen molar-refractivity contribution >= 4 is 0 Å². The van der Waals surface area contributed by atoms with Crippen molar-refractivity contribution < 1.29 is 4.57 Å². The molecule has 0 fully saturated rings. The molecular weight excluding hydrogens is 302 g/mol. The molecule has 0 spiro atoms. The molecule has 0 aliphatic heterocycles. The first-order valence-electron chi connectivity index (χ1n) is 9.03. The van der Waals surface area contributed by atoms with Gasteiger partial charge in [0.15, 0.2) is 6.20 Å². The van der Waals surface area contributed by atoms with E-state index in [1.54, 1.807) is 0 Å². The lowest BCUT2D eigenvalue weighted by molar-refractivity contribution is -0.660. The van der Waals surface area contributed by atoms with Crippen LogP contribution in [0.3, 0.4) is 0 Å². The molecule has 1 nitrogen and oxygen atoms in total. The summed E-state index contributed by atoms with van der Waals surface area (Å²) >= 11 is 0. The van der Waals surface area contributed by atoms with Crippen molar-refractivity contribution in [2.24, 2.45) is 7.05 Å². The van der Waals surface area contributed by atoms with Gasteiger partial charge in [-0.2, -0.15) is 0 Å². The maximum Gasteiger partial charge on any atom is 0.213 e. The molecule has 0 atom stereocenters. The van der Waals surface area contributed by atoms with Crippen LogP contribution in [-0.4, -0.2) is 0 Å². The summed E-state index contributed by atoms with van der Waals surface area (Å²) < 4.78 is 2.26. The van der Waals surface area contributed by atoms with Gasteiger partial charge in [-0.3, -0.25) is 0 Å². The summed E-state index contributed by atoms with van der Waals surface area (Å²) in [6.07, 6.45) is 2.21. The van der Waals surface area contributed by atoms with Crippen LogP contribution in [0.4, 0.5) is 0 Å². The van der Waals surface area contributed by atoms with Gasteiger partial charge in [0, 0.05) is 22.6 Å². The van der Waals surface area contributed by atoms with Crippen molar-refractivity contribution in [2.75, 3.05) is 0 Å². The van der Waals surface area contributed by atoms with Crippen LogP contribution in [0.15, 0.2) is 48.7 Å². The van der Waals surface area contributed by atoms with Gasteiger partial charge in [-0.1, -0.05) is 44.2 Å². The van der Waals surface area contributed by atoms with Crippen molar-refractivity contribution in [3.05, 3.63) is 76.5 Å². The highest BCUT2D eigenvalue weighted by Crippen LogP contribution is 2.53. The Balaban J connectivity index is 2.14. The Morgan fingerprint density at radius 1 is 0.800 bits per heavy atom. The average Bonchev–Trinajstić information content (AvgIpc) is 2.77. The highest BCUT2D eigenvalue weighted by atomic mass is 14.9. The molecular formula is C24H26N+. The van der Waals surface area contributed by atoms with Gasteiger partial charge in [-0.05, 0) is 54.7 Å². The molecule has 1 heterocycles. The molecule has 1 aromatic heterocycles. The number of hydrogen-bond donors (Lipinski definition) is 0. The Morgan fingerprint density at radius 3 is 2.28 bits per heavy atom. The average molecular weight is 328 g/mol. The normalized spacial score (nSPS) is 14.3. The fourth-order valence-corrected chi connectivity index (χ4v) is 4.68. The molecule has 0 amide bonds. The Labute approximate surface area is 151 Å². The fraction of sp³-hybridized carbons (Fsp3) is 0.292. The Bertz CT molecular complexity index is 1010. The third-order valence-corrected chi connectivity index (χ3v) is 5.79. The lowest BCUT2D eigenvalue weighted by atomic mass is 9.80. The molecule has 2 aromatic carbocycles. The number of fused-ring (bicyclic) bond motifs is 3. The predicted octanol–water partition coefficient (Wildman–Crippen LogP) is 5.41. The summed E-state index contributed by atoms with van der Waals surface area (Å²) in [4.78, 5) is 0. The van der Waals surface area contributed by atoms with E-state index in [1.807, 2.05) is 0 Å². The molecule has 126 valence electrons. The molecule has 25 heavy (non-hydrogen) atoms. The van der Waals surface area contributed by atoms with Gasteiger partial charge in [0.2, 0.25) is 5.69 Å². The third kappa shape index (κ3) is 2.18. The highest BCUT2D eigenvalue weighted by Gasteiger charge is 2.39. The van der Waals surface area contributed by atoms with E-state index in [0.29, 0.717) is 0 Å². The largest absolute Gasteiger partial charge is 0.213 e. The lowest BCUT2D eigenvalue weighted by Gasteiger charge is -2.23. The number of nitrogens with zero attached hydrogens (tertiary/aromatic N) is 1. The highest BCUT2D eigenvalue weighted by molar-refractivity contribution is 5.93. The van der Waals surface area contributed by atoms with Crippen LogP contribution < -0.4 is 4.57 Å². The maximum absolute atomic E-state index is 2.36. The quantitative estimate of drug-likeness (QED) is 0.526. The second kappa shape index (κ2) is 5.29. The van der Waals surface area contributed by atoms with Crippen LogP contribution in [0.25, 0.3) is 22.4 Å². The molecule has 3 aromatic rings. The molecule has 0 saturated heterocycles. The minimum Gasteiger partial charge on any atom is -0.201 e. The van der Waals surface area contributed by atoms with Gasteiger partial charge in [0.05, 0.1) is 5.56 Å². The van der Waals surface area contributed by atoms with Gasteiger partial charge in [0.1, 0.15) is 7.05 Å². The number of aryl methyl sites for hydroxylation is 4. The smallest absolute Gasteiger partial charge is 0.201 e. The zero-order valence-electron chi connectivity index (χ0n) is 16.1. The van der Waals surface area contributed by atoms with Gasteiger partial charge in [0.25, 0.3) is 0 Å². The predicted molar refractivity (Wildman–Crippen MR) is 105 cm³/mol. The van der Waals surface area contributed by atoms with Crippen LogP contribution in [0.5, 0.6) is 0 Å². The van der Waals surface area contributed by atoms with Crippen molar-refractivity contribution in [1.82, 2.24) is 0 Å². The number of hydrogen-bond acceptors (Lipinski definition) is 0. The fourth-order valence-electron chi connectivity index (χ4n) is 4.68. The third-order valence-electron chi connectivity index (χ3n) is 5.79. The van der Waals surface area contributed by atoms with E-state index in [0.717, 1.165) is 0 Å². The Hall–Kier alpha value is -2.41. The lowest BCUT2D eigenvalue weighted by Crippen LogP contribution is -2.31. The topological polar surface area (TPSA) is 3.88 Å². The number of rotatable bonds is 1. The van der Waals surface area contributed by atoms with Crippen molar-refractivity contribution in [3.8, 4) is 22.4 Å². The SMILES string of the molecule is Cc1ccc(-c2c(C)ccc3c2-c2cccc(C)c2C3(C)C)[n+](C)c1. The molecule has 4 rings (SSSR count). The number of pyridine rings is 1. The van der Waals surface area contributed by atoms with Gasteiger partial charge < -0.3 is 0 Å². The molecule has 0 unspecified atom stereocenters. The first-order chi connectivity index (χ1) is 11.8. The van der Waals surface area contributed by atoms with Crippen LogP contribution in [0.1, 0.15) is 41.7 Å². The van der Waals surface area contributed by atoms with Crippen molar-refractivity contribution in [1.29, 1.82) is 0 Å². The summed E-state index contributed by atoms with van der Waals surface area (Å²) in [5.41, 5.74) is 12.4. The summed E-state index contributed by atoms with van der Waals surface area (Å²) in [5, 5.41) is 0. The van der Waals surface area contributed by atoms with Crippen LogP contribution in [0.2, 0.25) is 0 Å². The summed E-state index contributed by atoms with van der Waals surface area (Å²) in [6.45, 7) is 11.3. The molecule has 1 aliphatic carbocycles. The van der Waals surface area contributed by atoms with Crippen LogP contribution >= 0.6 is 0 Å². The first kappa shape index (κ1) is 16.1. The van der Waals surface area contributed by atoms with Gasteiger partial charge >= 0.3 is 0 Å². The number of benzene rings is 2. The van der Waals surface area contributed by atoms with E-state index in [-0.39, 0.29) is 5.41 Å². The second-order valence-electron chi connectivity index (χ2n) is 8.01. The zero-order valence-corrected chi connectivity index (χ0v) is 16.1. The van der Waals surface area contributed by atoms with Gasteiger partial charge in [-0.25, -0.2) is 4.57 Å². The monoisotopic (exact) mass is 328 g/mol. The Kier molecular flexibility index (Phi) is 3.40. The second-order valence-corrected chi connectivity index (χ2v) is 8.01. The molecule has 0 saturated carbocycles. The molecule has 0 N–H and O–H groups in total. The summed E-state index contributed by atoms with van der Waals surface area (Å²) in [5.74, 6) is 0. The van der Waals surface area contributed by atoms with Crippen LogP contribution in [-0.2, 0) is 12.5 Å². The van der Waals surface area contributed by atoms with E-state index in [4.69, 9.17) is 0 Å². The maximum atomic E-state index is 2.36. The van der Waals surface area contributed by atoms with Crippen LogP contribution in [0, 0.1) is 20.8 Å². The molecule has 1 heteroatoms. The van der Waals surface area contributed by atoms with Crippen molar-refractivity contribution in [2.45, 2.75) is 40.0 Å². The van der Waals surface area contributed by atoms with E-state index in [1.165, 1.54) is 50.2 Å². The molecule has 0 bridgehead atoms. The van der Waals surface area contributed by atoms with E-state index >= 15 is 0 Å². The molecule has 1 aliphatic rings. The summed E-state index contributed by atoms with van der Waals surface area (Å²) in [6, 6.07) is 15.8. The first-order valence-corrected chi connectivity index (χ1v) is 9.03. The van der Waals surface area contributed by atoms with E-state index in [2.05, 4.69) is 94.9 Å². The molecule has 0 radical (unpaired) electrons. The minimum absolute atomic E-state index is 0.0434. The zero-order chi connectivity index (χ0) is 17.9. The van der Waals surface area contributed by atoms with E-state index in [9.17, 15) is 0 Å². The Morgan fingerprint density at radius 2 is 1.56 bits per heavy atom. The summed E-state index contributed by atoms with van der Waals surface area (Å²) in [7, 11) is 2.15. The standard InChI is InChI=1S/C24H26N/c1-15-10-13-20(25(6)14-15)21-16(2)11-12-19-22(21)18-9-7-8-17(3)23(18)24(19,4)5/h7-14H,1-6H3/q+1. The van der Waals surface area contributed by atoms with E-state index < -0.39 is 0 Å². The minimum atomic E-state index is 0.0434. The number of aromatic nitrogens is 1. The van der Waals surface area contributed by atoms with Crippen molar-refractivity contribution in [3.63, 3.8) is 0 Å². The van der Waals surface area contributed by atoms with Gasteiger partial charge in [-0.15, -0.1) is 0 Å².